The lowest BCUT2D eigenvalue weighted by Gasteiger charge is -2.27. The summed E-state index contributed by atoms with van der Waals surface area (Å²) in [5.41, 5.74) is 3.26. The number of rotatable bonds is 4. The second-order valence-corrected chi connectivity index (χ2v) is 6.49. The molecular formula is C21H21N3O4. The molecule has 0 saturated carbocycles. The normalized spacial score (nSPS) is 14.1. The van der Waals surface area contributed by atoms with E-state index in [0.29, 0.717) is 48.9 Å². The van der Waals surface area contributed by atoms with Crippen LogP contribution in [0.1, 0.15) is 10.4 Å². The predicted molar refractivity (Wildman–Crippen MR) is 104 cm³/mol. The summed E-state index contributed by atoms with van der Waals surface area (Å²) in [6, 6.07) is 12.4. The molecule has 1 aliphatic heterocycles. The Kier molecular flexibility index (Phi) is 4.99. The van der Waals surface area contributed by atoms with E-state index in [9.17, 15) is 9.90 Å². The number of nitrogens with one attached hydrogen (secondary N) is 1. The van der Waals surface area contributed by atoms with Crippen molar-refractivity contribution in [2.24, 2.45) is 0 Å². The number of aromatic hydroxyl groups is 1. The van der Waals surface area contributed by atoms with Crippen molar-refractivity contribution in [3.05, 3.63) is 54.2 Å². The molecule has 7 heteroatoms. The van der Waals surface area contributed by atoms with Crippen LogP contribution in [0.5, 0.6) is 11.5 Å². The molecule has 0 aliphatic carbocycles. The van der Waals surface area contributed by atoms with Crippen LogP contribution < -0.4 is 4.74 Å². The van der Waals surface area contributed by atoms with Crippen LogP contribution in [0, 0.1) is 0 Å². The summed E-state index contributed by atoms with van der Waals surface area (Å²) in [5, 5.41) is 17.5. The second kappa shape index (κ2) is 7.74. The van der Waals surface area contributed by atoms with E-state index >= 15 is 0 Å². The highest BCUT2D eigenvalue weighted by atomic mass is 16.5. The van der Waals surface area contributed by atoms with Crippen LogP contribution in [0.15, 0.2) is 48.7 Å². The zero-order valence-electron chi connectivity index (χ0n) is 15.5. The molecule has 3 aromatic rings. The first-order chi connectivity index (χ1) is 13.7. The van der Waals surface area contributed by atoms with Crippen molar-refractivity contribution >= 4 is 5.91 Å². The summed E-state index contributed by atoms with van der Waals surface area (Å²) in [6.07, 6.45) is 1.67. The minimum atomic E-state index is -0.0408. The molecule has 1 aromatic heterocycles. The highest BCUT2D eigenvalue weighted by Gasteiger charge is 2.23. The number of aromatic amines is 1. The van der Waals surface area contributed by atoms with Gasteiger partial charge in [0.15, 0.2) is 0 Å². The van der Waals surface area contributed by atoms with E-state index in [-0.39, 0.29) is 11.7 Å². The van der Waals surface area contributed by atoms with Gasteiger partial charge in [-0.15, -0.1) is 0 Å². The van der Waals surface area contributed by atoms with Gasteiger partial charge in [0.1, 0.15) is 11.5 Å². The number of carbonyl (C=O) groups is 1. The maximum atomic E-state index is 13.1. The monoisotopic (exact) mass is 379 g/mol. The zero-order valence-corrected chi connectivity index (χ0v) is 15.5. The lowest BCUT2D eigenvalue weighted by atomic mass is 9.96. The third-order valence-electron chi connectivity index (χ3n) is 4.86. The Labute approximate surface area is 162 Å². The third-order valence-corrected chi connectivity index (χ3v) is 4.86. The highest BCUT2D eigenvalue weighted by Crippen LogP contribution is 2.38. The van der Waals surface area contributed by atoms with Gasteiger partial charge >= 0.3 is 0 Å². The van der Waals surface area contributed by atoms with E-state index in [2.05, 4.69) is 10.2 Å². The molecule has 2 aromatic carbocycles. The molecule has 0 bridgehead atoms. The number of nitrogens with zero attached hydrogens (tertiary/aromatic N) is 2. The van der Waals surface area contributed by atoms with Crippen LogP contribution in [0.25, 0.3) is 22.4 Å². The smallest absolute Gasteiger partial charge is 0.254 e. The van der Waals surface area contributed by atoms with Gasteiger partial charge in [-0.1, -0.05) is 18.2 Å². The number of ether oxygens (including phenoxy) is 2. The molecule has 4 rings (SSSR count). The summed E-state index contributed by atoms with van der Waals surface area (Å²) in [5.74, 6) is 0.676. The largest absolute Gasteiger partial charge is 0.507 e. The third kappa shape index (κ3) is 3.32. The molecule has 0 unspecified atom stereocenters. The van der Waals surface area contributed by atoms with Crippen LogP contribution in [-0.2, 0) is 4.74 Å². The van der Waals surface area contributed by atoms with Gasteiger partial charge < -0.3 is 19.5 Å². The van der Waals surface area contributed by atoms with Crippen molar-refractivity contribution in [1.82, 2.24) is 15.1 Å². The highest BCUT2D eigenvalue weighted by molar-refractivity contribution is 6.02. The van der Waals surface area contributed by atoms with E-state index in [4.69, 9.17) is 9.47 Å². The van der Waals surface area contributed by atoms with E-state index in [1.165, 1.54) is 0 Å². The maximum Gasteiger partial charge on any atom is 0.254 e. The Morgan fingerprint density at radius 3 is 2.71 bits per heavy atom. The molecule has 1 amide bonds. The average Bonchev–Trinajstić information content (AvgIpc) is 3.23. The lowest BCUT2D eigenvalue weighted by molar-refractivity contribution is 0.0303. The van der Waals surface area contributed by atoms with Gasteiger partial charge in [0.05, 0.1) is 32.2 Å². The van der Waals surface area contributed by atoms with Crippen molar-refractivity contribution in [3.8, 4) is 33.9 Å². The summed E-state index contributed by atoms with van der Waals surface area (Å²) in [4.78, 5) is 14.9. The molecule has 0 spiro atoms. The molecule has 1 fully saturated rings. The van der Waals surface area contributed by atoms with Crippen LogP contribution >= 0.6 is 0 Å². The fourth-order valence-corrected chi connectivity index (χ4v) is 3.38. The Bertz CT molecular complexity index is 993. The van der Waals surface area contributed by atoms with Gasteiger partial charge in [-0.2, -0.15) is 5.10 Å². The molecule has 28 heavy (non-hydrogen) atoms. The molecule has 0 radical (unpaired) electrons. The first-order valence-corrected chi connectivity index (χ1v) is 9.06. The molecule has 1 aliphatic rings. The fourth-order valence-electron chi connectivity index (χ4n) is 3.38. The van der Waals surface area contributed by atoms with Gasteiger partial charge in [0.25, 0.3) is 5.91 Å². The minimum Gasteiger partial charge on any atom is -0.507 e. The number of aromatic nitrogens is 2. The number of carbonyl (C=O) groups excluding carboxylic acids is 1. The van der Waals surface area contributed by atoms with Gasteiger partial charge in [-0.25, -0.2) is 0 Å². The number of benzene rings is 2. The standard InChI is InChI=1S/C21H21N3O4/c1-27-14-6-7-19(25)17(12-14)20-18(13-22-23-20)15-4-2-3-5-16(15)21(26)24-8-10-28-11-9-24/h2-7,12-13,25H,8-11H2,1H3,(H,22,23). The van der Waals surface area contributed by atoms with Crippen LogP contribution in [0.3, 0.4) is 0 Å². The van der Waals surface area contributed by atoms with E-state index in [1.807, 2.05) is 24.3 Å². The summed E-state index contributed by atoms with van der Waals surface area (Å²) >= 11 is 0. The molecule has 1 saturated heterocycles. The van der Waals surface area contributed by atoms with Crippen LogP contribution in [0.2, 0.25) is 0 Å². The van der Waals surface area contributed by atoms with E-state index in [0.717, 1.165) is 11.1 Å². The van der Waals surface area contributed by atoms with Crippen molar-refractivity contribution in [1.29, 1.82) is 0 Å². The Morgan fingerprint density at radius 1 is 1.14 bits per heavy atom. The number of amides is 1. The van der Waals surface area contributed by atoms with Crippen LogP contribution in [-0.4, -0.2) is 59.5 Å². The van der Waals surface area contributed by atoms with E-state index < -0.39 is 0 Å². The number of phenols is 1. The lowest BCUT2D eigenvalue weighted by Crippen LogP contribution is -2.40. The number of hydrogen-bond donors (Lipinski definition) is 2. The second-order valence-electron chi connectivity index (χ2n) is 6.49. The molecule has 2 heterocycles. The fraction of sp³-hybridized carbons (Fsp3) is 0.238. The van der Waals surface area contributed by atoms with Gasteiger partial charge in [-0.3, -0.25) is 9.89 Å². The first kappa shape index (κ1) is 18.1. The van der Waals surface area contributed by atoms with Crippen molar-refractivity contribution in [3.63, 3.8) is 0 Å². The SMILES string of the molecule is COc1ccc(O)c(-c2[nH]ncc2-c2ccccc2C(=O)N2CCOCC2)c1. The number of methoxy groups -OCH3 is 1. The molecule has 0 atom stereocenters. The van der Waals surface area contributed by atoms with Crippen LogP contribution in [0.4, 0.5) is 0 Å². The molecule has 2 N–H and O–H groups in total. The van der Waals surface area contributed by atoms with Crippen molar-refractivity contribution in [2.45, 2.75) is 0 Å². The first-order valence-electron chi connectivity index (χ1n) is 9.06. The van der Waals surface area contributed by atoms with Gasteiger partial charge in [-0.05, 0) is 29.8 Å². The number of H-pyrrole nitrogens is 1. The Morgan fingerprint density at radius 2 is 1.93 bits per heavy atom. The number of morpholine rings is 1. The zero-order chi connectivity index (χ0) is 19.5. The Balaban J connectivity index is 1.78. The summed E-state index contributed by atoms with van der Waals surface area (Å²) in [7, 11) is 1.57. The van der Waals surface area contributed by atoms with Crippen molar-refractivity contribution < 1.29 is 19.4 Å². The predicted octanol–water partition coefficient (Wildman–Crippen LogP) is 2.93. The molecule has 7 nitrogen and oxygen atoms in total. The topological polar surface area (TPSA) is 87.7 Å². The molecular weight excluding hydrogens is 358 g/mol. The Hall–Kier alpha value is -3.32. The number of phenolic OH excluding ortho intramolecular Hbond substituents is 1. The van der Waals surface area contributed by atoms with Gasteiger partial charge in [0.2, 0.25) is 0 Å². The summed E-state index contributed by atoms with van der Waals surface area (Å²) < 4.78 is 10.6. The van der Waals surface area contributed by atoms with Crippen molar-refractivity contribution in [2.75, 3.05) is 33.4 Å². The summed E-state index contributed by atoms with van der Waals surface area (Å²) in [6.45, 7) is 2.23. The minimum absolute atomic E-state index is 0.0408. The van der Waals surface area contributed by atoms with E-state index in [1.54, 1.807) is 36.4 Å². The number of hydrogen-bond acceptors (Lipinski definition) is 5. The quantitative estimate of drug-likeness (QED) is 0.728. The average molecular weight is 379 g/mol. The maximum absolute atomic E-state index is 13.1. The van der Waals surface area contributed by atoms with Gasteiger partial charge in [0, 0.05) is 29.8 Å². The molecule has 144 valence electrons.